The number of aromatic nitrogens is 3. The number of carbonyl (C=O) groups is 1. The monoisotopic (exact) mass is 305 g/mol. The largest absolute Gasteiger partial charge is 0.485 e. The Kier molecular flexibility index (Phi) is 4.05. The van der Waals surface area contributed by atoms with Crippen LogP contribution in [-0.2, 0) is 6.54 Å². The maximum absolute atomic E-state index is 13.3. The van der Waals surface area contributed by atoms with Crippen LogP contribution >= 0.6 is 0 Å². The number of carboxylic acids is 1. The van der Waals surface area contributed by atoms with Crippen LogP contribution in [0.25, 0.3) is 0 Å². The number of nitrogens with zero attached hydrogens (tertiary/aromatic N) is 3. The molecule has 0 amide bonds. The number of hydrogen-bond acceptors (Lipinski definition) is 4. The molecule has 0 fully saturated rings. The minimum atomic E-state index is -1.65. The molecule has 2 aromatic rings. The van der Waals surface area contributed by atoms with E-state index in [9.17, 15) is 22.4 Å². The van der Waals surface area contributed by atoms with Gasteiger partial charge >= 0.3 is 5.97 Å². The van der Waals surface area contributed by atoms with Crippen molar-refractivity contribution in [2.75, 3.05) is 6.61 Å². The van der Waals surface area contributed by atoms with E-state index in [1.54, 1.807) is 0 Å². The SMILES string of the molecule is O=C(O)c1cn(CCOc2c(F)c(F)cc(F)c2F)nn1. The summed E-state index contributed by atoms with van der Waals surface area (Å²) in [6.07, 6.45) is 1.06. The molecule has 2 rings (SSSR count). The zero-order chi connectivity index (χ0) is 15.6. The van der Waals surface area contributed by atoms with Gasteiger partial charge in [-0.25, -0.2) is 18.3 Å². The highest BCUT2D eigenvalue weighted by atomic mass is 19.2. The van der Waals surface area contributed by atoms with Crippen molar-refractivity contribution in [1.82, 2.24) is 15.0 Å². The Balaban J connectivity index is 2.05. The maximum atomic E-state index is 13.3. The van der Waals surface area contributed by atoms with Crippen LogP contribution in [0.3, 0.4) is 0 Å². The van der Waals surface area contributed by atoms with Gasteiger partial charge in [0.2, 0.25) is 11.6 Å². The van der Waals surface area contributed by atoms with Crippen molar-refractivity contribution < 1.29 is 32.2 Å². The van der Waals surface area contributed by atoms with Crippen molar-refractivity contribution in [2.24, 2.45) is 0 Å². The highest BCUT2D eigenvalue weighted by Gasteiger charge is 2.20. The predicted octanol–water partition coefficient (Wildman–Crippen LogP) is 1.61. The van der Waals surface area contributed by atoms with Crippen LogP contribution in [0.15, 0.2) is 12.3 Å². The first-order valence-corrected chi connectivity index (χ1v) is 5.49. The van der Waals surface area contributed by atoms with Crippen molar-refractivity contribution in [2.45, 2.75) is 6.54 Å². The van der Waals surface area contributed by atoms with Gasteiger partial charge in [-0.15, -0.1) is 5.10 Å². The van der Waals surface area contributed by atoms with Crippen LogP contribution in [0.2, 0.25) is 0 Å². The molecule has 1 aromatic heterocycles. The van der Waals surface area contributed by atoms with Gasteiger partial charge in [-0.3, -0.25) is 0 Å². The summed E-state index contributed by atoms with van der Waals surface area (Å²) in [4.78, 5) is 10.5. The first kappa shape index (κ1) is 14.8. The summed E-state index contributed by atoms with van der Waals surface area (Å²) in [7, 11) is 0. The minimum Gasteiger partial charge on any atom is -0.485 e. The molecule has 0 aliphatic heterocycles. The molecule has 0 aliphatic carbocycles. The third-order valence-electron chi connectivity index (χ3n) is 2.40. The molecule has 0 saturated carbocycles. The van der Waals surface area contributed by atoms with Crippen LogP contribution in [0, 0.1) is 23.3 Å². The minimum absolute atomic E-state index is 0.0636. The molecule has 0 aliphatic rings. The topological polar surface area (TPSA) is 77.2 Å². The van der Waals surface area contributed by atoms with E-state index in [1.807, 2.05) is 0 Å². The summed E-state index contributed by atoms with van der Waals surface area (Å²) < 4.78 is 58.0. The van der Waals surface area contributed by atoms with Crippen molar-refractivity contribution in [3.05, 3.63) is 41.2 Å². The van der Waals surface area contributed by atoms with Gasteiger partial charge in [-0.1, -0.05) is 5.21 Å². The average Bonchev–Trinajstić information content (AvgIpc) is 2.89. The van der Waals surface area contributed by atoms with Crippen molar-refractivity contribution in [1.29, 1.82) is 0 Å². The Bertz CT molecular complexity index is 663. The van der Waals surface area contributed by atoms with Gasteiger partial charge in [-0.05, 0) is 0 Å². The number of aromatic carboxylic acids is 1. The molecule has 0 atom stereocenters. The summed E-state index contributed by atoms with van der Waals surface area (Å²) in [5.74, 6) is -8.97. The standard InChI is InChI=1S/C11H7F4N3O3/c12-5-3-6(13)9(15)10(8(5)14)21-2-1-18-4-7(11(19)20)16-17-18/h3-4H,1-2H2,(H,19,20). The zero-order valence-electron chi connectivity index (χ0n) is 10.2. The summed E-state index contributed by atoms with van der Waals surface area (Å²) in [5, 5.41) is 15.3. The van der Waals surface area contributed by atoms with E-state index in [4.69, 9.17) is 5.11 Å². The van der Waals surface area contributed by atoms with E-state index < -0.39 is 41.6 Å². The van der Waals surface area contributed by atoms with Crippen LogP contribution in [0.4, 0.5) is 17.6 Å². The fraction of sp³-hybridized carbons (Fsp3) is 0.182. The Morgan fingerprint density at radius 3 is 2.38 bits per heavy atom. The lowest BCUT2D eigenvalue weighted by Gasteiger charge is -2.09. The summed E-state index contributed by atoms with van der Waals surface area (Å²) in [5.41, 5.74) is -0.329. The van der Waals surface area contributed by atoms with Crippen molar-refractivity contribution in [3.63, 3.8) is 0 Å². The van der Waals surface area contributed by atoms with E-state index in [0.29, 0.717) is 0 Å². The molecule has 1 heterocycles. The van der Waals surface area contributed by atoms with Crippen molar-refractivity contribution >= 4 is 5.97 Å². The van der Waals surface area contributed by atoms with Crippen LogP contribution in [0.5, 0.6) is 5.75 Å². The number of halogens is 4. The van der Waals surface area contributed by atoms with E-state index in [2.05, 4.69) is 15.0 Å². The Labute approximate surface area is 114 Å². The van der Waals surface area contributed by atoms with Gasteiger partial charge in [0.15, 0.2) is 23.1 Å². The lowest BCUT2D eigenvalue weighted by molar-refractivity contribution is 0.0690. The van der Waals surface area contributed by atoms with Gasteiger partial charge in [0.1, 0.15) is 6.61 Å². The van der Waals surface area contributed by atoms with E-state index in [0.717, 1.165) is 10.9 Å². The molecule has 0 spiro atoms. The average molecular weight is 305 g/mol. The normalized spacial score (nSPS) is 10.7. The molecule has 1 aromatic carbocycles. The molecule has 10 heteroatoms. The Morgan fingerprint density at radius 2 is 1.86 bits per heavy atom. The number of rotatable bonds is 5. The van der Waals surface area contributed by atoms with Gasteiger partial charge in [0.25, 0.3) is 0 Å². The lowest BCUT2D eigenvalue weighted by Crippen LogP contribution is -2.11. The zero-order valence-corrected chi connectivity index (χ0v) is 10.2. The van der Waals surface area contributed by atoms with Crippen LogP contribution in [-0.4, -0.2) is 32.7 Å². The molecule has 112 valence electrons. The van der Waals surface area contributed by atoms with Gasteiger partial charge < -0.3 is 9.84 Å². The van der Waals surface area contributed by atoms with E-state index in [-0.39, 0.29) is 18.3 Å². The highest BCUT2D eigenvalue weighted by Crippen LogP contribution is 2.26. The third kappa shape index (κ3) is 3.09. The number of ether oxygens (including phenoxy) is 1. The molecule has 0 radical (unpaired) electrons. The lowest BCUT2D eigenvalue weighted by atomic mass is 10.3. The smallest absolute Gasteiger partial charge is 0.358 e. The molecule has 21 heavy (non-hydrogen) atoms. The van der Waals surface area contributed by atoms with Gasteiger partial charge in [0.05, 0.1) is 12.7 Å². The van der Waals surface area contributed by atoms with Gasteiger partial charge in [-0.2, -0.15) is 8.78 Å². The fourth-order valence-corrected chi connectivity index (χ4v) is 1.42. The van der Waals surface area contributed by atoms with Gasteiger partial charge in [0, 0.05) is 6.07 Å². The van der Waals surface area contributed by atoms with Crippen LogP contribution in [0.1, 0.15) is 10.5 Å². The summed E-state index contributed by atoms with van der Waals surface area (Å²) in [6.45, 7) is -0.531. The number of hydrogen-bond donors (Lipinski definition) is 1. The fourth-order valence-electron chi connectivity index (χ4n) is 1.42. The van der Waals surface area contributed by atoms with Crippen LogP contribution < -0.4 is 4.74 Å². The molecule has 0 saturated heterocycles. The quantitative estimate of drug-likeness (QED) is 0.671. The first-order chi connectivity index (χ1) is 9.90. The summed E-state index contributed by atoms with van der Waals surface area (Å²) in [6, 6.07) is 0.0636. The molecule has 0 unspecified atom stereocenters. The highest BCUT2D eigenvalue weighted by molar-refractivity contribution is 5.84. The third-order valence-corrected chi connectivity index (χ3v) is 2.40. The van der Waals surface area contributed by atoms with E-state index >= 15 is 0 Å². The Morgan fingerprint density at radius 1 is 1.24 bits per heavy atom. The Hall–Kier alpha value is -2.65. The number of carboxylic acid groups (broad SMARTS) is 1. The van der Waals surface area contributed by atoms with Crippen molar-refractivity contribution in [3.8, 4) is 5.75 Å². The molecule has 0 bridgehead atoms. The predicted molar refractivity (Wildman–Crippen MR) is 58.8 cm³/mol. The molecule has 1 N–H and O–H groups in total. The molecule has 6 nitrogen and oxygen atoms in total. The first-order valence-electron chi connectivity index (χ1n) is 5.49. The summed E-state index contributed by atoms with van der Waals surface area (Å²) >= 11 is 0. The molecular formula is C11H7F4N3O3. The second-order valence-corrected chi connectivity index (χ2v) is 3.82. The molecular weight excluding hydrogens is 298 g/mol. The second kappa shape index (κ2) is 5.77. The maximum Gasteiger partial charge on any atom is 0.358 e. The number of benzene rings is 1. The van der Waals surface area contributed by atoms with E-state index in [1.165, 1.54) is 0 Å². The second-order valence-electron chi connectivity index (χ2n) is 3.82.